The third-order valence-electron chi connectivity index (χ3n) is 5.39. The molecule has 2 aromatic heterocycles. The quantitative estimate of drug-likeness (QED) is 0.713. The second-order valence-corrected chi connectivity index (χ2v) is 7.69. The molecule has 1 N–H and O–H groups in total. The van der Waals surface area contributed by atoms with Gasteiger partial charge < -0.3 is 24.1 Å². The van der Waals surface area contributed by atoms with Gasteiger partial charge in [-0.15, -0.1) is 0 Å². The van der Waals surface area contributed by atoms with Crippen LogP contribution >= 0.6 is 11.6 Å². The Bertz CT molecular complexity index is 1100. The molecule has 2 aliphatic rings. The van der Waals surface area contributed by atoms with E-state index in [0.29, 0.717) is 49.4 Å². The highest BCUT2D eigenvalue weighted by molar-refractivity contribution is 6.31. The fourth-order valence-electron chi connectivity index (χ4n) is 3.96. The molecule has 29 heavy (non-hydrogen) atoms. The van der Waals surface area contributed by atoms with Crippen LogP contribution in [0.15, 0.2) is 30.5 Å². The van der Waals surface area contributed by atoms with Crippen LogP contribution in [-0.4, -0.2) is 53.1 Å². The molecule has 1 aromatic carbocycles. The minimum absolute atomic E-state index is 0.0383. The van der Waals surface area contributed by atoms with E-state index in [9.17, 15) is 4.79 Å². The van der Waals surface area contributed by atoms with E-state index in [4.69, 9.17) is 21.1 Å². The third-order valence-corrected chi connectivity index (χ3v) is 5.61. The Balaban J connectivity index is 1.55. The van der Waals surface area contributed by atoms with Gasteiger partial charge in [0.05, 0.1) is 37.2 Å². The summed E-state index contributed by atoms with van der Waals surface area (Å²) in [5.41, 5.74) is 4.21. The van der Waals surface area contributed by atoms with Crippen LogP contribution in [0.4, 0.5) is 11.5 Å². The van der Waals surface area contributed by atoms with Crippen molar-refractivity contribution in [2.24, 2.45) is 0 Å². The molecule has 5 rings (SSSR count). The molecular formula is C21H21ClN4O3. The maximum absolute atomic E-state index is 13.1. The molecular weight excluding hydrogens is 392 g/mol. The van der Waals surface area contributed by atoms with E-state index in [2.05, 4.69) is 10.3 Å². The number of halogens is 1. The molecule has 0 radical (unpaired) electrons. The van der Waals surface area contributed by atoms with Crippen LogP contribution in [0.3, 0.4) is 0 Å². The number of anilines is 2. The van der Waals surface area contributed by atoms with Crippen molar-refractivity contribution in [1.82, 2.24) is 14.3 Å². The standard InChI is InChI=1S/C21H21ClN4O3/c1-13-2-3-17-20(24-16-11-15(22)10-14-4-7-29-19(14)16)23-12-18(26(13)17)21(27)25-5-8-28-9-6-25/h2-3,10-12H,4-9H2,1H3,(H,23,24). The highest BCUT2D eigenvalue weighted by Gasteiger charge is 2.24. The number of nitrogens with zero attached hydrogens (tertiary/aromatic N) is 3. The minimum Gasteiger partial charge on any atom is -0.491 e. The lowest BCUT2D eigenvalue weighted by Gasteiger charge is -2.27. The number of ether oxygens (including phenoxy) is 2. The van der Waals surface area contributed by atoms with Crippen LogP contribution in [0.1, 0.15) is 21.7 Å². The number of nitrogens with one attached hydrogen (secondary N) is 1. The number of carbonyl (C=O) groups is 1. The van der Waals surface area contributed by atoms with Crippen LogP contribution < -0.4 is 10.1 Å². The first-order valence-corrected chi connectivity index (χ1v) is 10.1. The first-order chi connectivity index (χ1) is 14.1. The van der Waals surface area contributed by atoms with Gasteiger partial charge in [-0.3, -0.25) is 4.79 Å². The van der Waals surface area contributed by atoms with Crippen LogP contribution in [-0.2, 0) is 11.2 Å². The summed E-state index contributed by atoms with van der Waals surface area (Å²) in [5, 5.41) is 4.01. The predicted octanol–water partition coefficient (Wildman–Crippen LogP) is 3.45. The molecule has 0 aliphatic carbocycles. The Morgan fingerprint density at radius 3 is 2.86 bits per heavy atom. The van der Waals surface area contributed by atoms with Crippen molar-refractivity contribution in [3.05, 3.63) is 52.4 Å². The lowest BCUT2D eigenvalue weighted by molar-refractivity contribution is 0.0297. The Labute approximate surface area is 173 Å². The number of hydrogen-bond acceptors (Lipinski definition) is 5. The summed E-state index contributed by atoms with van der Waals surface area (Å²) in [4.78, 5) is 19.5. The second kappa shape index (κ2) is 7.24. The van der Waals surface area contributed by atoms with Gasteiger partial charge in [-0.25, -0.2) is 4.98 Å². The third kappa shape index (κ3) is 3.20. The SMILES string of the molecule is Cc1ccc2c(Nc3cc(Cl)cc4c3OCC4)ncc(C(=O)N3CCOCC3)n12. The normalized spacial score (nSPS) is 16.0. The zero-order valence-corrected chi connectivity index (χ0v) is 16.8. The summed E-state index contributed by atoms with van der Waals surface area (Å²) in [5.74, 6) is 1.42. The van der Waals surface area contributed by atoms with Gasteiger partial charge in [-0.05, 0) is 31.2 Å². The van der Waals surface area contributed by atoms with E-state index in [1.165, 1.54) is 0 Å². The van der Waals surface area contributed by atoms with Crippen LogP contribution in [0.2, 0.25) is 5.02 Å². The van der Waals surface area contributed by atoms with E-state index in [-0.39, 0.29) is 5.91 Å². The Morgan fingerprint density at radius 2 is 2.03 bits per heavy atom. The molecule has 0 spiro atoms. The smallest absolute Gasteiger partial charge is 0.272 e. The number of benzene rings is 1. The molecule has 0 atom stereocenters. The van der Waals surface area contributed by atoms with Gasteiger partial charge in [-0.2, -0.15) is 0 Å². The number of fused-ring (bicyclic) bond motifs is 2. The van der Waals surface area contributed by atoms with Crippen LogP contribution in [0.5, 0.6) is 5.75 Å². The molecule has 3 aromatic rings. The number of aryl methyl sites for hydroxylation is 1. The molecule has 2 aliphatic heterocycles. The van der Waals surface area contributed by atoms with Crippen molar-refractivity contribution in [3.8, 4) is 5.75 Å². The number of morpholine rings is 1. The average Bonchev–Trinajstić information content (AvgIpc) is 3.36. The lowest BCUT2D eigenvalue weighted by Crippen LogP contribution is -2.41. The second-order valence-electron chi connectivity index (χ2n) is 7.26. The molecule has 0 unspecified atom stereocenters. The van der Waals surface area contributed by atoms with Crippen molar-refractivity contribution < 1.29 is 14.3 Å². The zero-order chi connectivity index (χ0) is 20.0. The van der Waals surface area contributed by atoms with E-state index in [0.717, 1.165) is 34.6 Å². The van der Waals surface area contributed by atoms with Crippen molar-refractivity contribution in [2.75, 3.05) is 38.2 Å². The van der Waals surface area contributed by atoms with Gasteiger partial charge in [0.2, 0.25) is 0 Å². The molecule has 0 saturated carbocycles. The van der Waals surface area contributed by atoms with E-state index >= 15 is 0 Å². The van der Waals surface area contributed by atoms with Crippen LogP contribution in [0.25, 0.3) is 5.52 Å². The highest BCUT2D eigenvalue weighted by atomic mass is 35.5. The summed E-state index contributed by atoms with van der Waals surface area (Å²) < 4.78 is 13.1. The van der Waals surface area contributed by atoms with E-state index < -0.39 is 0 Å². The summed E-state index contributed by atoms with van der Waals surface area (Å²) in [6.45, 7) is 4.93. The van der Waals surface area contributed by atoms with E-state index in [1.807, 2.05) is 40.5 Å². The topological polar surface area (TPSA) is 68.1 Å². The van der Waals surface area contributed by atoms with Gasteiger partial charge in [0, 0.05) is 35.8 Å². The molecule has 0 bridgehead atoms. The van der Waals surface area contributed by atoms with Gasteiger partial charge in [-0.1, -0.05) is 11.6 Å². The maximum atomic E-state index is 13.1. The molecule has 150 valence electrons. The summed E-state index contributed by atoms with van der Waals surface area (Å²) in [6, 6.07) is 7.72. The monoisotopic (exact) mass is 412 g/mol. The first kappa shape index (κ1) is 18.3. The molecule has 1 saturated heterocycles. The number of amides is 1. The highest BCUT2D eigenvalue weighted by Crippen LogP contribution is 2.38. The summed E-state index contributed by atoms with van der Waals surface area (Å²) in [7, 11) is 0. The first-order valence-electron chi connectivity index (χ1n) is 9.68. The van der Waals surface area contributed by atoms with Crippen molar-refractivity contribution in [1.29, 1.82) is 0 Å². The van der Waals surface area contributed by atoms with Crippen molar-refractivity contribution in [2.45, 2.75) is 13.3 Å². The van der Waals surface area contributed by atoms with Gasteiger partial charge in [0.15, 0.2) is 5.82 Å². The Hall–Kier alpha value is -2.77. The van der Waals surface area contributed by atoms with E-state index in [1.54, 1.807) is 6.20 Å². The number of rotatable bonds is 3. The Kier molecular flexibility index (Phi) is 4.56. The number of carbonyl (C=O) groups excluding carboxylic acids is 1. The largest absolute Gasteiger partial charge is 0.491 e. The van der Waals surface area contributed by atoms with Gasteiger partial charge in [0.1, 0.15) is 11.4 Å². The molecule has 1 fully saturated rings. The summed E-state index contributed by atoms with van der Waals surface area (Å²) >= 11 is 6.29. The molecule has 7 nitrogen and oxygen atoms in total. The lowest BCUT2D eigenvalue weighted by atomic mass is 10.1. The maximum Gasteiger partial charge on any atom is 0.272 e. The zero-order valence-electron chi connectivity index (χ0n) is 16.1. The Morgan fingerprint density at radius 1 is 1.21 bits per heavy atom. The minimum atomic E-state index is -0.0383. The predicted molar refractivity (Wildman–Crippen MR) is 111 cm³/mol. The van der Waals surface area contributed by atoms with Gasteiger partial charge >= 0.3 is 0 Å². The summed E-state index contributed by atoms with van der Waals surface area (Å²) in [6.07, 6.45) is 2.47. The van der Waals surface area contributed by atoms with Crippen molar-refractivity contribution >= 4 is 34.5 Å². The molecule has 8 heteroatoms. The van der Waals surface area contributed by atoms with Gasteiger partial charge in [0.25, 0.3) is 5.91 Å². The fraction of sp³-hybridized carbons (Fsp3) is 0.333. The number of hydrogen-bond donors (Lipinski definition) is 1. The van der Waals surface area contributed by atoms with Crippen LogP contribution in [0, 0.1) is 6.92 Å². The average molecular weight is 413 g/mol. The van der Waals surface area contributed by atoms with Crippen molar-refractivity contribution in [3.63, 3.8) is 0 Å². The fourth-order valence-corrected chi connectivity index (χ4v) is 4.20. The molecule has 1 amide bonds. The molecule has 4 heterocycles. The number of aromatic nitrogens is 2.